The van der Waals surface area contributed by atoms with Crippen LogP contribution in [-0.4, -0.2) is 23.9 Å². The van der Waals surface area contributed by atoms with Gasteiger partial charge in [-0.2, -0.15) is 0 Å². The molecule has 0 bridgehead atoms. The van der Waals surface area contributed by atoms with Crippen molar-refractivity contribution >= 4 is 5.78 Å². The number of hydrogen-bond donors (Lipinski definition) is 1. The Bertz CT molecular complexity index is 408. The second-order valence-corrected chi connectivity index (χ2v) is 4.51. The van der Waals surface area contributed by atoms with Crippen LogP contribution in [0.1, 0.15) is 36.5 Å². The summed E-state index contributed by atoms with van der Waals surface area (Å²) < 4.78 is 5.35. The maximum atomic E-state index is 12.4. The van der Waals surface area contributed by atoms with E-state index in [2.05, 4.69) is 4.98 Å². The second-order valence-electron chi connectivity index (χ2n) is 4.51. The molecule has 0 unspecified atom stereocenters. The van der Waals surface area contributed by atoms with Crippen LogP contribution in [0, 0.1) is 5.41 Å². The molecule has 0 aliphatic heterocycles. The van der Waals surface area contributed by atoms with Gasteiger partial charge in [0.25, 0.3) is 0 Å². The molecule has 0 radical (unpaired) electrons. The number of aromatic nitrogens is 1. The molecule has 1 heterocycles. The van der Waals surface area contributed by atoms with E-state index in [1.54, 1.807) is 18.5 Å². The Morgan fingerprint density at radius 2 is 2.29 bits per heavy atom. The van der Waals surface area contributed by atoms with Crippen molar-refractivity contribution in [3.8, 4) is 5.75 Å². The van der Waals surface area contributed by atoms with Crippen LogP contribution in [0.2, 0.25) is 0 Å². The average Bonchev–Trinajstić information content (AvgIpc) is 2.29. The van der Waals surface area contributed by atoms with Crippen LogP contribution in [0.3, 0.4) is 0 Å². The summed E-state index contributed by atoms with van der Waals surface area (Å²) in [6.07, 6.45) is 6.08. The van der Waals surface area contributed by atoms with E-state index in [4.69, 9.17) is 10.5 Å². The molecule has 0 amide bonds. The van der Waals surface area contributed by atoms with Crippen LogP contribution in [-0.2, 0) is 0 Å². The molecule has 17 heavy (non-hydrogen) atoms. The smallest absolute Gasteiger partial charge is 0.171 e. The van der Waals surface area contributed by atoms with Crippen LogP contribution in [0.4, 0.5) is 0 Å². The molecule has 2 rings (SSSR count). The molecule has 0 atom stereocenters. The van der Waals surface area contributed by atoms with Gasteiger partial charge in [-0.1, -0.05) is 6.42 Å². The Labute approximate surface area is 101 Å². The number of ketones is 1. The van der Waals surface area contributed by atoms with Gasteiger partial charge in [0.15, 0.2) is 5.78 Å². The van der Waals surface area contributed by atoms with Gasteiger partial charge in [-0.05, 0) is 25.8 Å². The van der Waals surface area contributed by atoms with Gasteiger partial charge in [-0.3, -0.25) is 9.78 Å². The average molecular weight is 234 g/mol. The number of rotatable bonds is 5. The van der Waals surface area contributed by atoms with Crippen LogP contribution in [0.5, 0.6) is 5.75 Å². The fourth-order valence-corrected chi connectivity index (χ4v) is 2.22. The van der Waals surface area contributed by atoms with Crippen molar-refractivity contribution in [2.75, 3.05) is 13.2 Å². The minimum Gasteiger partial charge on any atom is -0.492 e. The molecule has 0 saturated heterocycles. The maximum absolute atomic E-state index is 12.4. The summed E-state index contributed by atoms with van der Waals surface area (Å²) in [5, 5.41) is 0. The molecular formula is C13H18N2O2. The number of nitrogens with zero attached hydrogens (tertiary/aromatic N) is 1. The van der Waals surface area contributed by atoms with E-state index in [0.29, 0.717) is 24.5 Å². The van der Waals surface area contributed by atoms with E-state index in [1.165, 1.54) is 0 Å². The Hall–Kier alpha value is -1.42. The molecule has 4 heteroatoms. The topological polar surface area (TPSA) is 65.2 Å². The highest BCUT2D eigenvalue weighted by molar-refractivity contribution is 6.01. The highest BCUT2D eigenvalue weighted by atomic mass is 16.5. The molecule has 2 N–H and O–H groups in total. The van der Waals surface area contributed by atoms with Gasteiger partial charge in [0.2, 0.25) is 0 Å². The SMILES string of the molecule is CCOc1cncc(C(=O)C2(CN)CCC2)c1. The number of ether oxygens (including phenoxy) is 1. The first kappa shape index (κ1) is 12.0. The van der Waals surface area contributed by atoms with Crippen molar-refractivity contribution in [3.05, 3.63) is 24.0 Å². The van der Waals surface area contributed by atoms with Crippen LogP contribution in [0.25, 0.3) is 0 Å². The van der Waals surface area contributed by atoms with Crippen molar-refractivity contribution < 1.29 is 9.53 Å². The highest BCUT2D eigenvalue weighted by Gasteiger charge is 2.43. The lowest BCUT2D eigenvalue weighted by Crippen LogP contribution is -2.44. The van der Waals surface area contributed by atoms with E-state index >= 15 is 0 Å². The van der Waals surface area contributed by atoms with Gasteiger partial charge in [0.05, 0.1) is 12.8 Å². The summed E-state index contributed by atoms with van der Waals surface area (Å²) >= 11 is 0. The summed E-state index contributed by atoms with van der Waals surface area (Å²) in [5.41, 5.74) is 6.00. The third kappa shape index (κ3) is 2.17. The molecule has 1 fully saturated rings. The molecule has 1 saturated carbocycles. The monoisotopic (exact) mass is 234 g/mol. The Kier molecular flexibility index (Phi) is 3.43. The van der Waals surface area contributed by atoms with Gasteiger partial charge in [-0.15, -0.1) is 0 Å². The predicted molar refractivity (Wildman–Crippen MR) is 65.1 cm³/mol. The molecule has 92 valence electrons. The standard InChI is InChI=1S/C13H18N2O2/c1-2-17-11-6-10(7-15-8-11)12(16)13(9-14)4-3-5-13/h6-8H,2-5,9,14H2,1H3. The maximum Gasteiger partial charge on any atom is 0.171 e. The van der Waals surface area contributed by atoms with Crippen molar-refractivity contribution in [2.45, 2.75) is 26.2 Å². The fourth-order valence-electron chi connectivity index (χ4n) is 2.22. The lowest BCUT2D eigenvalue weighted by Gasteiger charge is -2.39. The fraction of sp³-hybridized carbons (Fsp3) is 0.538. The number of carbonyl (C=O) groups is 1. The van der Waals surface area contributed by atoms with E-state index < -0.39 is 0 Å². The van der Waals surface area contributed by atoms with Gasteiger partial charge < -0.3 is 10.5 Å². The minimum absolute atomic E-state index is 0.111. The molecule has 4 nitrogen and oxygen atoms in total. The summed E-state index contributed by atoms with van der Waals surface area (Å²) in [4.78, 5) is 16.4. The van der Waals surface area contributed by atoms with E-state index in [9.17, 15) is 4.79 Å². The second kappa shape index (κ2) is 4.84. The van der Waals surface area contributed by atoms with E-state index in [-0.39, 0.29) is 11.2 Å². The number of pyridine rings is 1. The van der Waals surface area contributed by atoms with Crippen molar-refractivity contribution in [3.63, 3.8) is 0 Å². The summed E-state index contributed by atoms with van der Waals surface area (Å²) in [6.45, 7) is 2.90. The lowest BCUT2D eigenvalue weighted by atomic mass is 9.65. The molecule has 1 aromatic heterocycles. The van der Waals surface area contributed by atoms with Gasteiger partial charge in [-0.25, -0.2) is 0 Å². The summed E-state index contributed by atoms with van der Waals surface area (Å²) in [5.74, 6) is 0.755. The Morgan fingerprint density at radius 3 is 2.82 bits per heavy atom. The van der Waals surface area contributed by atoms with Crippen LogP contribution < -0.4 is 10.5 Å². The molecule has 0 aromatic carbocycles. The van der Waals surface area contributed by atoms with E-state index in [0.717, 1.165) is 19.3 Å². The molecular weight excluding hydrogens is 216 g/mol. The first-order chi connectivity index (χ1) is 8.22. The minimum atomic E-state index is -0.341. The number of Topliss-reactive ketones (excluding diaryl/α,β-unsaturated/α-hetero) is 1. The van der Waals surface area contributed by atoms with Crippen LogP contribution in [0.15, 0.2) is 18.5 Å². The molecule has 1 aromatic rings. The molecule has 1 aliphatic carbocycles. The Balaban J connectivity index is 2.21. The van der Waals surface area contributed by atoms with Gasteiger partial charge in [0.1, 0.15) is 5.75 Å². The normalized spacial score (nSPS) is 17.3. The lowest BCUT2D eigenvalue weighted by molar-refractivity contribution is 0.0635. The largest absolute Gasteiger partial charge is 0.492 e. The number of carbonyl (C=O) groups excluding carboxylic acids is 1. The van der Waals surface area contributed by atoms with Crippen molar-refractivity contribution in [1.29, 1.82) is 0 Å². The number of hydrogen-bond acceptors (Lipinski definition) is 4. The molecule has 1 aliphatic rings. The van der Waals surface area contributed by atoms with E-state index in [1.807, 2.05) is 6.92 Å². The zero-order valence-electron chi connectivity index (χ0n) is 10.1. The van der Waals surface area contributed by atoms with Gasteiger partial charge >= 0.3 is 0 Å². The quantitative estimate of drug-likeness (QED) is 0.789. The number of nitrogens with two attached hydrogens (primary N) is 1. The molecule has 0 spiro atoms. The van der Waals surface area contributed by atoms with Crippen LogP contribution >= 0.6 is 0 Å². The van der Waals surface area contributed by atoms with Crippen molar-refractivity contribution in [2.24, 2.45) is 11.1 Å². The van der Waals surface area contributed by atoms with Gasteiger partial charge in [0, 0.05) is 23.7 Å². The first-order valence-electron chi connectivity index (χ1n) is 6.04. The third-order valence-electron chi connectivity index (χ3n) is 3.47. The Morgan fingerprint density at radius 1 is 1.53 bits per heavy atom. The highest BCUT2D eigenvalue weighted by Crippen LogP contribution is 2.42. The third-order valence-corrected chi connectivity index (χ3v) is 3.47. The summed E-state index contributed by atoms with van der Waals surface area (Å²) in [6, 6.07) is 1.76. The summed E-state index contributed by atoms with van der Waals surface area (Å²) in [7, 11) is 0. The zero-order valence-corrected chi connectivity index (χ0v) is 10.1. The predicted octanol–water partition coefficient (Wildman–Crippen LogP) is 1.79. The zero-order chi connectivity index (χ0) is 12.3. The first-order valence-corrected chi connectivity index (χ1v) is 6.04. The van der Waals surface area contributed by atoms with Crippen molar-refractivity contribution in [1.82, 2.24) is 4.98 Å².